The molecule has 2 aromatic heterocycles. The summed E-state index contributed by atoms with van der Waals surface area (Å²) in [6, 6.07) is 3.99. The Morgan fingerprint density at radius 1 is 1.35 bits per heavy atom. The number of ether oxygens (including phenoxy) is 1. The van der Waals surface area contributed by atoms with E-state index in [1.54, 1.807) is 0 Å². The summed E-state index contributed by atoms with van der Waals surface area (Å²) in [5.74, 6) is 2.25. The summed E-state index contributed by atoms with van der Waals surface area (Å²) in [4.78, 5) is 11.2. The maximum Gasteiger partial charge on any atom is 0.133 e. The molecule has 0 N–H and O–H groups in total. The van der Waals surface area contributed by atoms with Gasteiger partial charge in [0.25, 0.3) is 0 Å². The summed E-state index contributed by atoms with van der Waals surface area (Å²) in [5.41, 5.74) is 2.04. The lowest BCUT2D eigenvalue weighted by atomic mass is 9.92. The third-order valence-electron chi connectivity index (χ3n) is 4.79. The Bertz CT molecular complexity index is 687. The van der Waals surface area contributed by atoms with E-state index < -0.39 is 0 Å². The smallest absolute Gasteiger partial charge is 0.133 e. The number of likely N-dealkylation sites (tertiary alicyclic amines) is 1. The maximum absolute atomic E-state index is 6.26. The molecule has 3 atom stereocenters. The molecule has 4 heterocycles. The molecular weight excluding hydrogens is 292 g/mol. The number of nitrogens with zero attached hydrogens (tertiary/aromatic N) is 4. The van der Waals surface area contributed by atoms with Gasteiger partial charge in [0, 0.05) is 37.8 Å². The van der Waals surface area contributed by atoms with E-state index in [-0.39, 0.29) is 6.10 Å². The van der Waals surface area contributed by atoms with Gasteiger partial charge in [-0.05, 0) is 32.8 Å². The van der Waals surface area contributed by atoms with E-state index in [0.717, 1.165) is 55.4 Å². The number of piperidine rings is 1. The molecule has 0 radical (unpaired) electrons. The minimum atomic E-state index is 0.112. The highest BCUT2D eigenvalue weighted by Crippen LogP contribution is 2.40. The van der Waals surface area contributed by atoms with E-state index >= 15 is 0 Å². The molecule has 2 aromatic rings. The summed E-state index contributed by atoms with van der Waals surface area (Å²) >= 11 is 0. The summed E-state index contributed by atoms with van der Waals surface area (Å²) in [6.07, 6.45) is 4.39. The molecule has 0 aliphatic carbocycles. The molecule has 2 fully saturated rings. The quantitative estimate of drug-likeness (QED) is 0.867. The van der Waals surface area contributed by atoms with Gasteiger partial charge in [0.1, 0.15) is 17.7 Å². The molecule has 4 rings (SSSR count). The Morgan fingerprint density at radius 2 is 2.26 bits per heavy atom. The van der Waals surface area contributed by atoms with E-state index in [0.29, 0.717) is 12.0 Å². The fraction of sp³-hybridized carbons (Fsp3) is 0.588. The SMILES string of the molecule is Cc1nccc([C@H]2C[C@H]3CN(Cc4cc(C)on4)CC[C@@H]3O2)n1. The van der Waals surface area contributed by atoms with Gasteiger partial charge in [-0.25, -0.2) is 9.97 Å². The molecular formula is C17H22N4O2. The van der Waals surface area contributed by atoms with Gasteiger partial charge in [-0.2, -0.15) is 0 Å². The van der Waals surface area contributed by atoms with E-state index in [2.05, 4.69) is 20.0 Å². The van der Waals surface area contributed by atoms with Crippen molar-refractivity contribution in [2.24, 2.45) is 5.92 Å². The lowest BCUT2D eigenvalue weighted by Gasteiger charge is -2.33. The van der Waals surface area contributed by atoms with Crippen LogP contribution in [0.3, 0.4) is 0 Å². The van der Waals surface area contributed by atoms with Crippen molar-refractivity contribution in [3.8, 4) is 0 Å². The molecule has 2 saturated heterocycles. The Morgan fingerprint density at radius 3 is 3.04 bits per heavy atom. The normalized spacial score (nSPS) is 28.0. The van der Waals surface area contributed by atoms with Crippen LogP contribution < -0.4 is 0 Å². The monoisotopic (exact) mass is 314 g/mol. The van der Waals surface area contributed by atoms with Crippen LogP contribution in [0.1, 0.15) is 41.9 Å². The Labute approximate surface area is 135 Å². The molecule has 0 unspecified atom stereocenters. The van der Waals surface area contributed by atoms with Crippen LogP contribution in [0.25, 0.3) is 0 Å². The highest BCUT2D eigenvalue weighted by atomic mass is 16.5. The first-order valence-electron chi connectivity index (χ1n) is 8.27. The maximum atomic E-state index is 6.26. The number of hydrogen-bond acceptors (Lipinski definition) is 6. The zero-order valence-corrected chi connectivity index (χ0v) is 13.6. The van der Waals surface area contributed by atoms with Crippen molar-refractivity contribution in [2.75, 3.05) is 13.1 Å². The zero-order chi connectivity index (χ0) is 15.8. The Kier molecular flexibility index (Phi) is 3.87. The fourth-order valence-electron chi connectivity index (χ4n) is 3.74. The van der Waals surface area contributed by atoms with Crippen LogP contribution in [-0.4, -0.2) is 39.2 Å². The second-order valence-corrected chi connectivity index (χ2v) is 6.64. The van der Waals surface area contributed by atoms with Gasteiger partial charge in [0.2, 0.25) is 0 Å². The third kappa shape index (κ3) is 3.14. The summed E-state index contributed by atoms with van der Waals surface area (Å²) in [5, 5.41) is 4.10. The van der Waals surface area contributed by atoms with Gasteiger partial charge in [-0.1, -0.05) is 5.16 Å². The number of aromatic nitrogens is 3. The van der Waals surface area contributed by atoms with Crippen LogP contribution in [0.2, 0.25) is 0 Å². The average molecular weight is 314 g/mol. The number of fused-ring (bicyclic) bond motifs is 1. The minimum absolute atomic E-state index is 0.112. The van der Waals surface area contributed by atoms with E-state index in [1.807, 2.05) is 32.2 Å². The van der Waals surface area contributed by atoms with Crippen molar-refractivity contribution in [1.29, 1.82) is 0 Å². The minimum Gasteiger partial charge on any atom is -0.368 e. The third-order valence-corrected chi connectivity index (χ3v) is 4.79. The van der Waals surface area contributed by atoms with Gasteiger partial charge in [-0.15, -0.1) is 0 Å². The van der Waals surface area contributed by atoms with E-state index in [4.69, 9.17) is 9.26 Å². The highest BCUT2D eigenvalue weighted by Gasteiger charge is 2.40. The first-order valence-corrected chi connectivity index (χ1v) is 8.27. The molecule has 122 valence electrons. The van der Waals surface area contributed by atoms with Crippen LogP contribution in [-0.2, 0) is 11.3 Å². The van der Waals surface area contributed by atoms with Crippen LogP contribution >= 0.6 is 0 Å². The summed E-state index contributed by atoms with van der Waals surface area (Å²) < 4.78 is 11.4. The van der Waals surface area contributed by atoms with Gasteiger partial charge in [0.15, 0.2) is 0 Å². The van der Waals surface area contributed by atoms with Gasteiger partial charge in [0.05, 0.1) is 17.5 Å². The first-order chi connectivity index (χ1) is 11.2. The number of hydrogen-bond donors (Lipinski definition) is 0. The second-order valence-electron chi connectivity index (χ2n) is 6.64. The second kappa shape index (κ2) is 6.02. The van der Waals surface area contributed by atoms with Gasteiger partial charge < -0.3 is 9.26 Å². The lowest BCUT2D eigenvalue weighted by Crippen LogP contribution is -2.40. The molecule has 23 heavy (non-hydrogen) atoms. The zero-order valence-electron chi connectivity index (χ0n) is 13.6. The molecule has 0 saturated carbocycles. The molecule has 6 nitrogen and oxygen atoms in total. The summed E-state index contributed by atoms with van der Waals surface area (Å²) in [7, 11) is 0. The fourth-order valence-corrected chi connectivity index (χ4v) is 3.74. The van der Waals surface area contributed by atoms with Crippen molar-refractivity contribution in [3.05, 3.63) is 41.3 Å². The van der Waals surface area contributed by atoms with E-state index in [1.165, 1.54) is 0 Å². The highest BCUT2D eigenvalue weighted by molar-refractivity contribution is 5.09. The van der Waals surface area contributed by atoms with Crippen LogP contribution in [0.5, 0.6) is 0 Å². The lowest BCUT2D eigenvalue weighted by molar-refractivity contribution is -0.00267. The van der Waals surface area contributed by atoms with Crippen molar-refractivity contribution in [2.45, 2.75) is 45.4 Å². The van der Waals surface area contributed by atoms with Crippen molar-refractivity contribution in [3.63, 3.8) is 0 Å². The first kappa shape index (κ1) is 14.8. The molecule has 0 bridgehead atoms. The topological polar surface area (TPSA) is 64.3 Å². The van der Waals surface area contributed by atoms with Crippen molar-refractivity contribution < 1.29 is 9.26 Å². The van der Waals surface area contributed by atoms with Crippen LogP contribution in [0.4, 0.5) is 0 Å². The Balaban J connectivity index is 1.40. The Hall–Kier alpha value is -1.79. The molecule has 0 aromatic carbocycles. The number of rotatable bonds is 3. The predicted molar refractivity (Wildman–Crippen MR) is 83.6 cm³/mol. The molecule has 2 aliphatic rings. The predicted octanol–water partition coefficient (Wildman–Crippen LogP) is 2.43. The van der Waals surface area contributed by atoms with Gasteiger partial charge in [-0.3, -0.25) is 4.90 Å². The number of aryl methyl sites for hydroxylation is 2. The molecule has 0 amide bonds. The molecule has 0 spiro atoms. The van der Waals surface area contributed by atoms with Crippen molar-refractivity contribution in [1.82, 2.24) is 20.0 Å². The standard InChI is InChI=1S/C17H22N4O2/c1-11-7-14(20-23-11)10-21-6-4-16-13(9-21)8-17(22-16)15-3-5-18-12(2)19-15/h3,5,7,13,16-17H,4,6,8-10H2,1-2H3/t13-,16-,17+/m0/s1. The van der Waals surface area contributed by atoms with E-state index in [9.17, 15) is 0 Å². The van der Waals surface area contributed by atoms with Crippen molar-refractivity contribution >= 4 is 0 Å². The molecule has 6 heteroatoms. The molecule has 2 aliphatic heterocycles. The largest absolute Gasteiger partial charge is 0.368 e. The van der Waals surface area contributed by atoms with Crippen LogP contribution in [0.15, 0.2) is 22.9 Å². The van der Waals surface area contributed by atoms with Gasteiger partial charge >= 0.3 is 0 Å². The average Bonchev–Trinajstić information content (AvgIpc) is 3.13. The summed E-state index contributed by atoms with van der Waals surface area (Å²) in [6.45, 7) is 6.81. The van der Waals surface area contributed by atoms with Crippen LogP contribution in [0, 0.1) is 19.8 Å².